The highest BCUT2D eigenvalue weighted by Gasteiger charge is 2.18. The quantitative estimate of drug-likeness (QED) is 0.565. The second-order valence-electron chi connectivity index (χ2n) is 6.40. The van der Waals surface area contributed by atoms with Crippen LogP contribution in [-0.2, 0) is 11.3 Å². The predicted molar refractivity (Wildman–Crippen MR) is 107 cm³/mol. The van der Waals surface area contributed by atoms with Gasteiger partial charge >= 0.3 is 0 Å². The summed E-state index contributed by atoms with van der Waals surface area (Å²) in [6, 6.07) is 14.0. The molecule has 0 aliphatic heterocycles. The van der Waals surface area contributed by atoms with Crippen molar-refractivity contribution in [2.24, 2.45) is 0 Å². The minimum Gasteiger partial charge on any atom is -0.461 e. The third-order valence-electron chi connectivity index (χ3n) is 4.10. The molecule has 1 atom stereocenters. The molecule has 0 fully saturated rings. The fraction of sp³-hybridized carbons (Fsp3) is 0.350. The van der Waals surface area contributed by atoms with Gasteiger partial charge in [-0.25, -0.2) is 0 Å². The molecular weight excluding hydrogens is 360 g/mol. The van der Waals surface area contributed by atoms with Gasteiger partial charge in [-0.15, -0.1) is 10.2 Å². The summed E-state index contributed by atoms with van der Waals surface area (Å²) < 4.78 is 7.49. The van der Waals surface area contributed by atoms with E-state index < -0.39 is 0 Å². The molecule has 0 radical (unpaired) electrons. The van der Waals surface area contributed by atoms with Crippen LogP contribution in [0, 0.1) is 0 Å². The van der Waals surface area contributed by atoms with Gasteiger partial charge in [-0.05, 0) is 31.0 Å². The fourth-order valence-electron chi connectivity index (χ4n) is 2.84. The molecule has 0 aliphatic carbocycles. The van der Waals surface area contributed by atoms with Gasteiger partial charge in [-0.3, -0.25) is 9.36 Å². The molecule has 2 aromatic heterocycles. The number of furan rings is 1. The largest absolute Gasteiger partial charge is 0.461 e. The van der Waals surface area contributed by atoms with E-state index in [0.717, 1.165) is 18.4 Å². The van der Waals surface area contributed by atoms with Crippen LogP contribution in [0.2, 0.25) is 0 Å². The van der Waals surface area contributed by atoms with Crippen LogP contribution in [0.5, 0.6) is 0 Å². The number of carbonyl (C=O) groups excluding carboxylic acids is 1. The molecule has 1 aromatic carbocycles. The lowest BCUT2D eigenvalue weighted by atomic mass is 10.2. The van der Waals surface area contributed by atoms with Crippen LogP contribution in [-0.4, -0.2) is 32.5 Å². The zero-order valence-electron chi connectivity index (χ0n) is 15.6. The molecule has 6 nitrogen and oxygen atoms in total. The average molecular weight is 385 g/mol. The molecule has 7 heteroatoms. The Balaban J connectivity index is 1.75. The number of aromatic nitrogens is 3. The smallest absolute Gasteiger partial charge is 0.230 e. The molecule has 142 valence electrons. The monoisotopic (exact) mass is 384 g/mol. The maximum Gasteiger partial charge on any atom is 0.230 e. The zero-order chi connectivity index (χ0) is 19.1. The van der Waals surface area contributed by atoms with Crippen molar-refractivity contribution in [3.8, 4) is 11.6 Å². The molecule has 27 heavy (non-hydrogen) atoms. The molecule has 0 aliphatic rings. The first-order chi connectivity index (χ1) is 13.2. The Morgan fingerprint density at radius 1 is 1.22 bits per heavy atom. The molecule has 1 N–H and O–H groups in total. The van der Waals surface area contributed by atoms with Crippen molar-refractivity contribution in [2.45, 2.75) is 44.4 Å². The fourth-order valence-corrected chi connectivity index (χ4v) is 3.59. The number of nitrogens with zero attached hydrogens (tertiary/aromatic N) is 3. The molecule has 0 spiro atoms. The van der Waals surface area contributed by atoms with Crippen LogP contribution in [0.4, 0.5) is 0 Å². The lowest BCUT2D eigenvalue weighted by Gasteiger charge is -2.13. The van der Waals surface area contributed by atoms with Crippen LogP contribution >= 0.6 is 11.8 Å². The maximum absolute atomic E-state index is 12.2. The Morgan fingerprint density at radius 2 is 2.04 bits per heavy atom. The van der Waals surface area contributed by atoms with Gasteiger partial charge in [0.2, 0.25) is 11.7 Å². The first kappa shape index (κ1) is 19.2. The third kappa shape index (κ3) is 5.23. The first-order valence-electron chi connectivity index (χ1n) is 9.10. The van der Waals surface area contributed by atoms with Crippen molar-refractivity contribution in [1.82, 2.24) is 20.1 Å². The Hall–Kier alpha value is -2.54. The summed E-state index contributed by atoms with van der Waals surface area (Å²) in [7, 11) is 0. The summed E-state index contributed by atoms with van der Waals surface area (Å²) in [4.78, 5) is 12.2. The van der Waals surface area contributed by atoms with E-state index in [1.165, 1.54) is 11.8 Å². The molecule has 1 amide bonds. The maximum atomic E-state index is 12.2. The number of rotatable bonds is 9. The van der Waals surface area contributed by atoms with Crippen molar-refractivity contribution < 1.29 is 9.21 Å². The SMILES string of the molecule is CCCC(C)NC(=O)CSc1nnc(-c2ccco2)n1Cc1ccccc1. The number of carbonyl (C=O) groups is 1. The summed E-state index contributed by atoms with van der Waals surface area (Å²) in [6.07, 6.45) is 3.64. The Labute approximate surface area is 163 Å². The number of thioether (sulfide) groups is 1. The normalized spacial score (nSPS) is 12.1. The zero-order valence-corrected chi connectivity index (χ0v) is 16.4. The number of hydrogen-bond donors (Lipinski definition) is 1. The van der Waals surface area contributed by atoms with E-state index >= 15 is 0 Å². The van der Waals surface area contributed by atoms with Gasteiger partial charge in [-0.2, -0.15) is 0 Å². The van der Waals surface area contributed by atoms with Gasteiger partial charge < -0.3 is 9.73 Å². The van der Waals surface area contributed by atoms with Gasteiger partial charge in [0, 0.05) is 6.04 Å². The van der Waals surface area contributed by atoms with Crippen LogP contribution in [0.25, 0.3) is 11.6 Å². The second kappa shape index (κ2) is 9.41. The number of amides is 1. The average Bonchev–Trinajstić information content (AvgIpc) is 3.31. The molecule has 0 saturated carbocycles. The highest BCUT2D eigenvalue weighted by Crippen LogP contribution is 2.25. The molecular formula is C20H24N4O2S. The third-order valence-corrected chi connectivity index (χ3v) is 5.07. The van der Waals surface area contributed by atoms with Crippen molar-refractivity contribution in [2.75, 3.05) is 5.75 Å². The van der Waals surface area contributed by atoms with Gasteiger partial charge in [0.1, 0.15) is 0 Å². The van der Waals surface area contributed by atoms with Gasteiger partial charge in [0.25, 0.3) is 0 Å². The summed E-state index contributed by atoms with van der Waals surface area (Å²) in [5.41, 5.74) is 1.13. The van der Waals surface area contributed by atoms with Gasteiger partial charge in [0.05, 0.1) is 18.6 Å². The standard InChI is InChI=1S/C20H24N4O2S/c1-3-8-15(2)21-18(25)14-27-20-23-22-19(17-11-7-12-26-17)24(20)13-16-9-5-4-6-10-16/h4-7,9-12,15H,3,8,13-14H2,1-2H3,(H,21,25). The lowest BCUT2D eigenvalue weighted by molar-refractivity contribution is -0.119. The van der Waals surface area contributed by atoms with E-state index in [1.54, 1.807) is 6.26 Å². The molecule has 0 bridgehead atoms. The highest BCUT2D eigenvalue weighted by atomic mass is 32.2. The molecule has 0 saturated heterocycles. The van der Waals surface area contributed by atoms with E-state index in [2.05, 4.69) is 34.6 Å². The van der Waals surface area contributed by atoms with Crippen LogP contribution in [0.15, 0.2) is 58.3 Å². The van der Waals surface area contributed by atoms with E-state index in [1.807, 2.05) is 41.8 Å². The second-order valence-corrected chi connectivity index (χ2v) is 7.34. The van der Waals surface area contributed by atoms with Crippen LogP contribution in [0.3, 0.4) is 0 Å². The van der Waals surface area contributed by atoms with Crippen molar-refractivity contribution in [1.29, 1.82) is 0 Å². The molecule has 3 rings (SSSR count). The topological polar surface area (TPSA) is 73.0 Å². The minimum absolute atomic E-state index is 0.00904. The van der Waals surface area contributed by atoms with Crippen LogP contribution in [0.1, 0.15) is 32.3 Å². The first-order valence-corrected chi connectivity index (χ1v) is 10.1. The summed E-state index contributed by atoms with van der Waals surface area (Å²) in [5.74, 6) is 1.63. The number of nitrogens with one attached hydrogen (secondary N) is 1. The molecule has 3 aromatic rings. The van der Waals surface area contributed by atoms with Gasteiger partial charge in [0.15, 0.2) is 10.9 Å². The van der Waals surface area contributed by atoms with Gasteiger partial charge in [-0.1, -0.05) is 55.4 Å². The molecule has 1 unspecified atom stereocenters. The lowest BCUT2D eigenvalue weighted by Crippen LogP contribution is -2.33. The Bertz CT molecular complexity index is 846. The minimum atomic E-state index is 0.00904. The van der Waals surface area contributed by atoms with Crippen LogP contribution < -0.4 is 5.32 Å². The predicted octanol–water partition coefficient (Wildman–Crippen LogP) is 3.98. The number of benzene rings is 1. The molecule has 2 heterocycles. The Morgan fingerprint density at radius 3 is 2.74 bits per heavy atom. The number of hydrogen-bond acceptors (Lipinski definition) is 5. The van der Waals surface area contributed by atoms with E-state index in [9.17, 15) is 4.79 Å². The van der Waals surface area contributed by atoms with Crippen molar-refractivity contribution in [3.05, 3.63) is 54.3 Å². The van der Waals surface area contributed by atoms with Crippen molar-refractivity contribution >= 4 is 17.7 Å². The van der Waals surface area contributed by atoms with E-state index in [0.29, 0.717) is 29.0 Å². The Kier molecular flexibility index (Phi) is 6.70. The van der Waals surface area contributed by atoms with E-state index in [4.69, 9.17) is 4.42 Å². The van der Waals surface area contributed by atoms with E-state index in [-0.39, 0.29) is 11.9 Å². The summed E-state index contributed by atoms with van der Waals surface area (Å²) in [5, 5.41) is 12.3. The van der Waals surface area contributed by atoms with Crippen molar-refractivity contribution in [3.63, 3.8) is 0 Å². The summed E-state index contributed by atoms with van der Waals surface area (Å²) >= 11 is 1.39. The summed E-state index contributed by atoms with van der Waals surface area (Å²) in [6.45, 7) is 4.75. The highest BCUT2D eigenvalue weighted by molar-refractivity contribution is 7.99.